The van der Waals surface area contributed by atoms with Crippen molar-refractivity contribution in [1.29, 1.82) is 0 Å². The highest BCUT2D eigenvalue weighted by Gasteiger charge is 2.23. The summed E-state index contributed by atoms with van der Waals surface area (Å²) in [6.45, 7) is 6.98. The molecule has 1 fully saturated rings. The van der Waals surface area contributed by atoms with Gasteiger partial charge in [0.25, 0.3) is 6.01 Å². The van der Waals surface area contributed by atoms with Crippen molar-refractivity contribution in [3.8, 4) is 0 Å². The van der Waals surface area contributed by atoms with Gasteiger partial charge in [-0.1, -0.05) is 13.8 Å². The summed E-state index contributed by atoms with van der Waals surface area (Å²) >= 11 is 0. The second-order valence-corrected chi connectivity index (χ2v) is 5.64. The third-order valence-electron chi connectivity index (χ3n) is 3.73. The van der Waals surface area contributed by atoms with Gasteiger partial charge in [-0.15, -0.1) is 0 Å². The molecule has 1 amide bonds. The maximum atomic E-state index is 12.1. The lowest BCUT2D eigenvalue weighted by atomic mass is 10.2. The molecule has 0 bridgehead atoms. The van der Waals surface area contributed by atoms with Gasteiger partial charge in [0, 0.05) is 38.3 Å². The molecule has 0 atom stereocenters. The number of carbonyl (C=O) groups is 1. The second kappa shape index (κ2) is 5.71. The largest absolute Gasteiger partial charge is 0.422 e. The van der Waals surface area contributed by atoms with Gasteiger partial charge in [-0.25, -0.2) is 4.98 Å². The van der Waals surface area contributed by atoms with Crippen LogP contribution < -0.4 is 4.90 Å². The standard InChI is InChI=1S/C15H20N4O2/c1-11(2)14(20)18-7-4-8-19(10-9-18)15-17-13-12(21-15)5-3-6-16-13/h3,5-6,11H,4,7-10H2,1-2H3. The van der Waals surface area contributed by atoms with Gasteiger partial charge in [0.05, 0.1) is 0 Å². The Morgan fingerprint density at radius 2 is 2.14 bits per heavy atom. The number of hydrogen-bond acceptors (Lipinski definition) is 5. The molecule has 0 spiro atoms. The van der Waals surface area contributed by atoms with Crippen molar-refractivity contribution in [3.05, 3.63) is 18.3 Å². The molecule has 2 aromatic heterocycles. The number of oxazole rings is 1. The zero-order chi connectivity index (χ0) is 14.8. The zero-order valence-corrected chi connectivity index (χ0v) is 12.5. The number of carbonyl (C=O) groups excluding carboxylic acids is 1. The van der Waals surface area contributed by atoms with Crippen molar-refractivity contribution in [3.63, 3.8) is 0 Å². The minimum atomic E-state index is 0.0464. The lowest BCUT2D eigenvalue weighted by Gasteiger charge is -2.22. The molecule has 0 aliphatic carbocycles. The van der Waals surface area contributed by atoms with Crippen molar-refractivity contribution in [2.75, 3.05) is 31.1 Å². The van der Waals surface area contributed by atoms with Gasteiger partial charge >= 0.3 is 0 Å². The number of pyridine rings is 1. The predicted octanol–water partition coefficient (Wildman–Crippen LogP) is 1.92. The van der Waals surface area contributed by atoms with E-state index in [1.807, 2.05) is 30.9 Å². The van der Waals surface area contributed by atoms with E-state index in [1.54, 1.807) is 6.20 Å². The van der Waals surface area contributed by atoms with E-state index in [-0.39, 0.29) is 11.8 Å². The highest BCUT2D eigenvalue weighted by atomic mass is 16.4. The topological polar surface area (TPSA) is 62.5 Å². The van der Waals surface area contributed by atoms with Crippen molar-refractivity contribution < 1.29 is 9.21 Å². The van der Waals surface area contributed by atoms with Gasteiger partial charge in [0.15, 0.2) is 5.58 Å². The van der Waals surface area contributed by atoms with Crippen molar-refractivity contribution in [2.24, 2.45) is 5.92 Å². The Labute approximate surface area is 123 Å². The van der Waals surface area contributed by atoms with Gasteiger partial charge in [0.2, 0.25) is 11.6 Å². The molecule has 21 heavy (non-hydrogen) atoms. The number of anilines is 1. The SMILES string of the molecule is CC(C)C(=O)N1CCCN(c2nc3ncccc3o2)CC1. The fourth-order valence-electron chi connectivity index (χ4n) is 2.59. The van der Waals surface area contributed by atoms with E-state index >= 15 is 0 Å². The molecule has 1 saturated heterocycles. The van der Waals surface area contributed by atoms with Gasteiger partial charge in [-0.05, 0) is 18.6 Å². The number of rotatable bonds is 2. The first-order valence-corrected chi connectivity index (χ1v) is 7.40. The first-order chi connectivity index (χ1) is 10.1. The monoisotopic (exact) mass is 288 g/mol. The molecule has 2 aromatic rings. The Bertz CT molecular complexity index is 604. The van der Waals surface area contributed by atoms with Crippen LogP contribution >= 0.6 is 0 Å². The molecule has 0 saturated carbocycles. The van der Waals surface area contributed by atoms with Crippen LogP contribution in [0.5, 0.6) is 0 Å². The van der Waals surface area contributed by atoms with Crippen LogP contribution in [0.25, 0.3) is 11.2 Å². The molecule has 6 heteroatoms. The normalized spacial score (nSPS) is 16.5. The Balaban J connectivity index is 1.74. The summed E-state index contributed by atoms with van der Waals surface area (Å²) in [5.41, 5.74) is 1.33. The first-order valence-electron chi connectivity index (χ1n) is 7.40. The quantitative estimate of drug-likeness (QED) is 0.845. The van der Waals surface area contributed by atoms with E-state index in [4.69, 9.17) is 4.42 Å². The van der Waals surface area contributed by atoms with Crippen molar-refractivity contribution >= 4 is 23.2 Å². The van der Waals surface area contributed by atoms with Crippen LogP contribution in [0.4, 0.5) is 6.01 Å². The number of nitrogens with zero attached hydrogens (tertiary/aromatic N) is 4. The van der Waals surface area contributed by atoms with E-state index < -0.39 is 0 Å². The Kier molecular flexibility index (Phi) is 3.77. The lowest BCUT2D eigenvalue weighted by Crippen LogP contribution is -2.37. The van der Waals surface area contributed by atoms with Crippen LogP contribution in [0.15, 0.2) is 22.7 Å². The van der Waals surface area contributed by atoms with Crippen LogP contribution in [0.3, 0.4) is 0 Å². The molecule has 112 valence electrons. The van der Waals surface area contributed by atoms with E-state index in [0.29, 0.717) is 23.8 Å². The summed E-state index contributed by atoms with van der Waals surface area (Å²) in [4.78, 5) is 24.7. The van der Waals surface area contributed by atoms with Gasteiger partial charge in [-0.2, -0.15) is 4.98 Å². The Hall–Kier alpha value is -2.11. The van der Waals surface area contributed by atoms with E-state index in [2.05, 4.69) is 14.9 Å². The number of fused-ring (bicyclic) bond motifs is 1. The van der Waals surface area contributed by atoms with Crippen LogP contribution in [0.1, 0.15) is 20.3 Å². The van der Waals surface area contributed by atoms with Crippen molar-refractivity contribution in [1.82, 2.24) is 14.9 Å². The summed E-state index contributed by atoms with van der Waals surface area (Å²) in [5, 5.41) is 0. The first kappa shape index (κ1) is 13.9. The van der Waals surface area contributed by atoms with E-state index in [9.17, 15) is 4.79 Å². The lowest BCUT2D eigenvalue weighted by molar-refractivity contribution is -0.134. The summed E-state index contributed by atoms with van der Waals surface area (Å²) in [6.07, 6.45) is 2.63. The van der Waals surface area contributed by atoms with E-state index in [0.717, 1.165) is 26.1 Å². The molecule has 3 heterocycles. The molecule has 0 unspecified atom stereocenters. The fraction of sp³-hybridized carbons (Fsp3) is 0.533. The number of hydrogen-bond donors (Lipinski definition) is 0. The molecule has 1 aliphatic heterocycles. The predicted molar refractivity (Wildman–Crippen MR) is 80.1 cm³/mol. The minimum absolute atomic E-state index is 0.0464. The Morgan fingerprint density at radius 3 is 2.90 bits per heavy atom. The molecular formula is C15H20N4O2. The third-order valence-corrected chi connectivity index (χ3v) is 3.73. The molecule has 0 N–H and O–H groups in total. The number of amides is 1. The summed E-state index contributed by atoms with van der Waals surface area (Å²) in [5.74, 6) is 0.265. The zero-order valence-electron chi connectivity index (χ0n) is 12.5. The molecule has 6 nitrogen and oxygen atoms in total. The summed E-state index contributed by atoms with van der Waals surface area (Å²) in [6, 6.07) is 4.30. The molecule has 0 aromatic carbocycles. The smallest absolute Gasteiger partial charge is 0.300 e. The Morgan fingerprint density at radius 1 is 1.29 bits per heavy atom. The van der Waals surface area contributed by atoms with Gasteiger partial charge in [-0.3, -0.25) is 4.79 Å². The van der Waals surface area contributed by atoms with Gasteiger partial charge in [0.1, 0.15) is 0 Å². The van der Waals surface area contributed by atoms with Crippen LogP contribution in [-0.2, 0) is 4.79 Å². The van der Waals surface area contributed by atoms with E-state index in [1.165, 1.54) is 0 Å². The van der Waals surface area contributed by atoms with Crippen LogP contribution in [-0.4, -0.2) is 47.0 Å². The average Bonchev–Trinajstić information content (AvgIpc) is 2.76. The highest BCUT2D eigenvalue weighted by Crippen LogP contribution is 2.21. The second-order valence-electron chi connectivity index (χ2n) is 5.64. The highest BCUT2D eigenvalue weighted by molar-refractivity contribution is 5.78. The average molecular weight is 288 g/mol. The maximum absolute atomic E-state index is 12.1. The molecule has 0 radical (unpaired) electrons. The molecule has 1 aliphatic rings. The minimum Gasteiger partial charge on any atom is -0.422 e. The molecular weight excluding hydrogens is 268 g/mol. The summed E-state index contributed by atoms with van der Waals surface area (Å²) < 4.78 is 5.76. The molecule has 3 rings (SSSR count). The maximum Gasteiger partial charge on any atom is 0.300 e. The van der Waals surface area contributed by atoms with Crippen LogP contribution in [0.2, 0.25) is 0 Å². The third kappa shape index (κ3) is 2.84. The van der Waals surface area contributed by atoms with Crippen LogP contribution in [0, 0.1) is 5.92 Å². The van der Waals surface area contributed by atoms with Crippen molar-refractivity contribution in [2.45, 2.75) is 20.3 Å². The van der Waals surface area contributed by atoms with Gasteiger partial charge < -0.3 is 14.2 Å². The number of aromatic nitrogens is 2. The summed E-state index contributed by atoms with van der Waals surface area (Å²) in [7, 11) is 0. The fourth-order valence-corrected chi connectivity index (χ4v) is 2.59.